The van der Waals surface area contributed by atoms with E-state index in [1.807, 2.05) is 0 Å². The van der Waals surface area contributed by atoms with Gasteiger partial charge in [0.05, 0.1) is 6.04 Å². The third-order valence-corrected chi connectivity index (χ3v) is 8.13. The molecule has 1 aliphatic heterocycles. The summed E-state index contributed by atoms with van der Waals surface area (Å²) in [7, 11) is 0. The van der Waals surface area contributed by atoms with Gasteiger partial charge < -0.3 is 25.5 Å². The standard InChI is InChI=1S/C27H36ClN3O5/c28-21-9-4-8-19(12-21)17-36-26(35)30-23(13-18-6-2-1-3-7-18)25(34)29-22(16-32)14-20-15-27(10-5-11-27)31-24(20)33/h4,8-9,12,16,18,20,22-23H,1-3,5-7,10-11,13-15,17H2,(H,29,34)(H,30,35)(H,31,33)/t20?,22?,23-/m0/s1. The number of carbonyl (C=O) groups excluding carboxylic acids is 4. The lowest BCUT2D eigenvalue weighted by molar-refractivity contribution is -0.127. The second-order valence-electron chi connectivity index (χ2n) is 10.7. The average Bonchev–Trinajstić information content (AvgIpc) is 3.19. The van der Waals surface area contributed by atoms with Gasteiger partial charge in [-0.15, -0.1) is 0 Å². The summed E-state index contributed by atoms with van der Waals surface area (Å²) in [6.07, 6.45) is 9.87. The zero-order valence-electron chi connectivity index (χ0n) is 20.6. The minimum absolute atomic E-state index is 0.0274. The summed E-state index contributed by atoms with van der Waals surface area (Å²) in [5.41, 5.74) is 0.628. The molecular formula is C27H36ClN3O5. The molecule has 3 amide bonds. The monoisotopic (exact) mass is 517 g/mol. The van der Waals surface area contributed by atoms with Crippen molar-refractivity contribution in [1.82, 2.24) is 16.0 Å². The van der Waals surface area contributed by atoms with E-state index in [4.69, 9.17) is 16.3 Å². The van der Waals surface area contributed by atoms with Crippen molar-refractivity contribution in [2.45, 2.75) is 94.9 Å². The van der Waals surface area contributed by atoms with Crippen LogP contribution in [-0.2, 0) is 25.7 Å². The predicted octanol–water partition coefficient (Wildman–Crippen LogP) is 4.04. The lowest BCUT2D eigenvalue weighted by atomic mass is 9.74. The highest BCUT2D eigenvalue weighted by Crippen LogP contribution is 2.42. The van der Waals surface area contributed by atoms with Crippen LogP contribution in [0.3, 0.4) is 0 Å². The molecule has 3 atom stereocenters. The smallest absolute Gasteiger partial charge is 0.408 e. The number of halogens is 1. The van der Waals surface area contributed by atoms with E-state index in [0.29, 0.717) is 30.1 Å². The fourth-order valence-corrected chi connectivity index (χ4v) is 6.00. The number of rotatable bonds is 10. The lowest BCUT2D eigenvalue weighted by Crippen LogP contribution is -2.51. The minimum atomic E-state index is -0.821. The van der Waals surface area contributed by atoms with Crippen LogP contribution < -0.4 is 16.0 Å². The topological polar surface area (TPSA) is 114 Å². The molecule has 4 rings (SSSR count). The molecule has 2 aliphatic carbocycles. The lowest BCUT2D eigenvalue weighted by Gasteiger charge is -2.38. The number of nitrogens with one attached hydrogen (secondary N) is 3. The summed E-state index contributed by atoms with van der Waals surface area (Å²) in [6.45, 7) is 0.0274. The molecule has 2 unspecified atom stereocenters. The van der Waals surface area contributed by atoms with E-state index in [9.17, 15) is 19.2 Å². The highest BCUT2D eigenvalue weighted by Gasteiger charge is 2.48. The van der Waals surface area contributed by atoms with Crippen molar-refractivity contribution in [2.24, 2.45) is 11.8 Å². The Morgan fingerprint density at radius 2 is 1.92 bits per heavy atom. The Morgan fingerprint density at radius 1 is 1.14 bits per heavy atom. The van der Waals surface area contributed by atoms with Gasteiger partial charge in [0.2, 0.25) is 11.8 Å². The van der Waals surface area contributed by atoms with Gasteiger partial charge in [0, 0.05) is 16.5 Å². The molecule has 2 saturated carbocycles. The second kappa shape index (κ2) is 12.1. The van der Waals surface area contributed by atoms with Crippen LogP contribution in [0.2, 0.25) is 5.02 Å². The van der Waals surface area contributed by atoms with Crippen molar-refractivity contribution in [3.8, 4) is 0 Å². The Labute approximate surface area is 217 Å². The second-order valence-corrected chi connectivity index (χ2v) is 11.1. The molecule has 0 aromatic heterocycles. The van der Waals surface area contributed by atoms with Gasteiger partial charge >= 0.3 is 6.09 Å². The van der Waals surface area contributed by atoms with Gasteiger partial charge in [-0.3, -0.25) is 9.59 Å². The molecule has 196 valence electrons. The van der Waals surface area contributed by atoms with Gasteiger partial charge in [0.25, 0.3) is 0 Å². The molecule has 3 N–H and O–H groups in total. The maximum atomic E-state index is 13.2. The van der Waals surface area contributed by atoms with Gasteiger partial charge in [0.1, 0.15) is 18.9 Å². The fourth-order valence-electron chi connectivity index (χ4n) is 5.79. The first-order valence-electron chi connectivity index (χ1n) is 13.1. The van der Waals surface area contributed by atoms with Crippen LogP contribution >= 0.6 is 11.6 Å². The van der Waals surface area contributed by atoms with Crippen molar-refractivity contribution in [3.63, 3.8) is 0 Å². The van der Waals surface area contributed by atoms with Crippen molar-refractivity contribution in [3.05, 3.63) is 34.9 Å². The van der Waals surface area contributed by atoms with Crippen molar-refractivity contribution in [2.75, 3.05) is 0 Å². The van der Waals surface area contributed by atoms with Gasteiger partial charge in [0.15, 0.2) is 0 Å². The molecule has 1 aromatic rings. The van der Waals surface area contributed by atoms with Gasteiger partial charge in [-0.05, 0) is 62.1 Å². The number of alkyl carbamates (subject to hydrolysis) is 1. The van der Waals surface area contributed by atoms with E-state index in [-0.39, 0.29) is 30.4 Å². The van der Waals surface area contributed by atoms with E-state index >= 15 is 0 Å². The van der Waals surface area contributed by atoms with Crippen molar-refractivity contribution < 1.29 is 23.9 Å². The number of carbonyl (C=O) groups is 4. The van der Waals surface area contributed by atoms with Crippen LogP contribution in [0.25, 0.3) is 0 Å². The molecule has 1 spiro atoms. The molecule has 1 aromatic carbocycles. The Bertz CT molecular complexity index is 960. The van der Waals surface area contributed by atoms with Gasteiger partial charge in [-0.25, -0.2) is 4.79 Å². The first-order chi connectivity index (χ1) is 17.4. The summed E-state index contributed by atoms with van der Waals surface area (Å²) in [5.74, 6) is -0.448. The Kier molecular flexibility index (Phi) is 8.88. The van der Waals surface area contributed by atoms with Crippen LogP contribution in [0.1, 0.15) is 76.2 Å². The van der Waals surface area contributed by atoms with Crippen LogP contribution in [0.5, 0.6) is 0 Å². The maximum Gasteiger partial charge on any atom is 0.408 e. The molecule has 36 heavy (non-hydrogen) atoms. The van der Waals surface area contributed by atoms with Crippen molar-refractivity contribution >= 4 is 35.8 Å². The molecule has 1 saturated heterocycles. The Hall–Kier alpha value is -2.61. The van der Waals surface area contributed by atoms with Crippen molar-refractivity contribution in [1.29, 1.82) is 0 Å². The molecule has 0 radical (unpaired) electrons. The van der Waals surface area contributed by atoms with E-state index in [1.54, 1.807) is 24.3 Å². The number of benzene rings is 1. The normalized spacial score (nSPS) is 22.7. The van der Waals surface area contributed by atoms with Crippen LogP contribution in [0.4, 0.5) is 4.79 Å². The van der Waals surface area contributed by atoms with E-state index in [0.717, 1.165) is 50.5 Å². The first-order valence-corrected chi connectivity index (χ1v) is 13.5. The fraction of sp³-hybridized carbons (Fsp3) is 0.630. The number of amides is 3. The van der Waals surface area contributed by atoms with E-state index < -0.39 is 24.1 Å². The summed E-state index contributed by atoms with van der Waals surface area (Å²) >= 11 is 5.99. The SMILES string of the molecule is O=CC(CC1CC2(CCC2)NC1=O)NC(=O)[C@H](CC1CCCCC1)NC(=O)OCc1cccc(Cl)c1. The van der Waals surface area contributed by atoms with Crippen LogP contribution in [-0.4, -0.2) is 41.8 Å². The number of aldehydes is 1. The Morgan fingerprint density at radius 3 is 2.56 bits per heavy atom. The summed E-state index contributed by atoms with van der Waals surface area (Å²) in [5, 5.41) is 9.12. The third-order valence-electron chi connectivity index (χ3n) is 7.90. The predicted molar refractivity (Wildman–Crippen MR) is 135 cm³/mol. The zero-order chi connectivity index (χ0) is 25.5. The molecule has 8 nitrogen and oxygen atoms in total. The molecule has 3 aliphatic rings. The third kappa shape index (κ3) is 6.99. The molecule has 3 fully saturated rings. The molecule has 0 bridgehead atoms. The number of hydrogen-bond donors (Lipinski definition) is 3. The van der Waals surface area contributed by atoms with E-state index in [2.05, 4.69) is 16.0 Å². The summed E-state index contributed by atoms with van der Waals surface area (Å²) in [6, 6.07) is 5.41. The first kappa shape index (κ1) is 26.5. The van der Waals surface area contributed by atoms with Crippen LogP contribution in [0, 0.1) is 11.8 Å². The van der Waals surface area contributed by atoms with Crippen LogP contribution in [0.15, 0.2) is 24.3 Å². The number of ether oxygens (including phenoxy) is 1. The van der Waals surface area contributed by atoms with Gasteiger partial charge in [-0.1, -0.05) is 55.8 Å². The van der Waals surface area contributed by atoms with E-state index in [1.165, 1.54) is 6.42 Å². The summed E-state index contributed by atoms with van der Waals surface area (Å²) in [4.78, 5) is 50.1. The zero-order valence-corrected chi connectivity index (χ0v) is 21.4. The minimum Gasteiger partial charge on any atom is -0.445 e. The maximum absolute atomic E-state index is 13.2. The summed E-state index contributed by atoms with van der Waals surface area (Å²) < 4.78 is 5.34. The highest BCUT2D eigenvalue weighted by molar-refractivity contribution is 6.30. The Balaban J connectivity index is 1.34. The molecular weight excluding hydrogens is 482 g/mol. The van der Waals surface area contributed by atoms with Gasteiger partial charge in [-0.2, -0.15) is 0 Å². The molecule has 9 heteroatoms. The highest BCUT2D eigenvalue weighted by atomic mass is 35.5. The number of hydrogen-bond acceptors (Lipinski definition) is 5. The quantitative estimate of drug-likeness (QED) is 0.405. The average molecular weight is 518 g/mol. The molecule has 1 heterocycles. The largest absolute Gasteiger partial charge is 0.445 e.